The highest BCUT2D eigenvalue weighted by atomic mass is 16.5. The third-order valence-corrected chi connectivity index (χ3v) is 5.96. The van der Waals surface area contributed by atoms with Crippen molar-refractivity contribution in [2.75, 3.05) is 27.3 Å². The summed E-state index contributed by atoms with van der Waals surface area (Å²) in [5.74, 6) is 1.28. The highest BCUT2D eigenvalue weighted by molar-refractivity contribution is 5.94. The highest BCUT2D eigenvalue weighted by Gasteiger charge is 2.25. The number of likely N-dealkylation sites (tertiary alicyclic amines) is 1. The van der Waals surface area contributed by atoms with Gasteiger partial charge in [0.25, 0.3) is 5.91 Å². The molecule has 2 aromatic carbocycles. The summed E-state index contributed by atoms with van der Waals surface area (Å²) >= 11 is 0. The fraction of sp³-hybridized carbons (Fsp3) is 0.462. The first-order valence-corrected chi connectivity index (χ1v) is 11.1. The van der Waals surface area contributed by atoms with Crippen LogP contribution in [0.5, 0.6) is 11.5 Å². The van der Waals surface area contributed by atoms with Gasteiger partial charge in [0.1, 0.15) is 0 Å². The molecule has 0 saturated carbocycles. The Morgan fingerprint density at radius 2 is 1.59 bits per heavy atom. The molecule has 3 rings (SSSR count). The van der Waals surface area contributed by atoms with E-state index in [1.54, 1.807) is 20.3 Å². The van der Waals surface area contributed by atoms with Crippen molar-refractivity contribution in [3.05, 3.63) is 59.2 Å². The Bertz CT molecular complexity index is 939. The van der Waals surface area contributed by atoms with Gasteiger partial charge < -0.3 is 19.7 Å². The smallest absolute Gasteiger partial charge is 0.253 e. The van der Waals surface area contributed by atoms with Crippen LogP contribution in [0.15, 0.2) is 42.5 Å². The monoisotopic (exact) mass is 438 g/mol. The van der Waals surface area contributed by atoms with Gasteiger partial charge in [-0.05, 0) is 53.6 Å². The van der Waals surface area contributed by atoms with E-state index in [2.05, 4.69) is 26.1 Å². The molecule has 0 aliphatic carbocycles. The predicted molar refractivity (Wildman–Crippen MR) is 125 cm³/mol. The van der Waals surface area contributed by atoms with Crippen LogP contribution in [0.3, 0.4) is 0 Å². The summed E-state index contributed by atoms with van der Waals surface area (Å²) in [6.07, 6.45) is 1.78. The Morgan fingerprint density at radius 3 is 2.16 bits per heavy atom. The molecular formula is C26H34N2O4. The van der Waals surface area contributed by atoms with Gasteiger partial charge in [0.05, 0.1) is 20.6 Å². The highest BCUT2D eigenvalue weighted by Crippen LogP contribution is 2.28. The van der Waals surface area contributed by atoms with Crippen LogP contribution in [0.2, 0.25) is 0 Å². The molecule has 0 atom stereocenters. The number of carbonyl (C=O) groups excluding carboxylic acids is 2. The van der Waals surface area contributed by atoms with Gasteiger partial charge >= 0.3 is 0 Å². The Morgan fingerprint density at radius 1 is 0.969 bits per heavy atom. The molecule has 2 amide bonds. The third kappa shape index (κ3) is 5.81. The van der Waals surface area contributed by atoms with Crippen LogP contribution in [0.4, 0.5) is 0 Å². The number of amides is 2. The first-order valence-electron chi connectivity index (χ1n) is 11.1. The van der Waals surface area contributed by atoms with Gasteiger partial charge in [-0.2, -0.15) is 0 Å². The van der Waals surface area contributed by atoms with E-state index in [-0.39, 0.29) is 29.7 Å². The molecule has 0 radical (unpaired) electrons. The molecule has 6 heteroatoms. The minimum absolute atomic E-state index is 0.0280. The Kier molecular flexibility index (Phi) is 7.44. The molecule has 0 unspecified atom stereocenters. The first-order chi connectivity index (χ1) is 15.2. The minimum atomic E-state index is -0.0280. The van der Waals surface area contributed by atoms with Crippen molar-refractivity contribution >= 4 is 11.8 Å². The average molecular weight is 439 g/mol. The number of hydrogen-bond donors (Lipinski definition) is 1. The number of methoxy groups -OCH3 is 2. The summed E-state index contributed by atoms with van der Waals surface area (Å²) in [7, 11) is 3.16. The summed E-state index contributed by atoms with van der Waals surface area (Å²) in [5.41, 5.74) is 2.86. The van der Waals surface area contributed by atoms with Crippen molar-refractivity contribution in [1.82, 2.24) is 10.2 Å². The normalized spacial score (nSPS) is 14.7. The standard InChI is InChI=1S/C26H34N2O4/c1-26(2,3)20-9-7-19(8-10-20)25(30)28-14-12-21(13-15-28)27-24(29)17-18-6-11-22(31-4)23(16-18)32-5/h6-11,16,21H,12-15,17H2,1-5H3,(H,27,29). The van der Waals surface area contributed by atoms with E-state index in [1.807, 2.05) is 41.3 Å². The van der Waals surface area contributed by atoms with Crippen LogP contribution in [0.1, 0.15) is 55.1 Å². The molecule has 1 N–H and O–H groups in total. The van der Waals surface area contributed by atoms with Gasteiger partial charge in [-0.3, -0.25) is 9.59 Å². The topological polar surface area (TPSA) is 67.9 Å². The average Bonchev–Trinajstić information content (AvgIpc) is 2.78. The number of carbonyl (C=O) groups is 2. The number of nitrogens with one attached hydrogen (secondary N) is 1. The van der Waals surface area contributed by atoms with Gasteiger partial charge in [-0.25, -0.2) is 0 Å². The molecule has 0 bridgehead atoms. The second kappa shape index (κ2) is 10.1. The minimum Gasteiger partial charge on any atom is -0.493 e. The quantitative estimate of drug-likeness (QED) is 0.741. The van der Waals surface area contributed by atoms with Crippen molar-refractivity contribution < 1.29 is 19.1 Å². The zero-order valence-corrected chi connectivity index (χ0v) is 19.7. The Balaban J connectivity index is 1.50. The third-order valence-electron chi connectivity index (χ3n) is 5.96. The lowest BCUT2D eigenvalue weighted by atomic mass is 9.86. The number of benzene rings is 2. The summed E-state index contributed by atoms with van der Waals surface area (Å²) in [6.45, 7) is 7.76. The maximum Gasteiger partial charge on any atom is 0.253 e. The molecule has 2 aromatic rings. The predicted octanol–water partition coefficient (Wildman–Crippen LogP) is 3.96. The van der Waals surface area contributed by atoms with E-state index in [4.69, 9.17) is 9.47 Å². The van der Waals surface area contributed by atoms with E-state index in [1.165, 1.54) is 5.56 Å². The van der Waals surface area contributed by atoms with Crippen molar-refractivity contribution in [2.24, 2.45) is 0 Å². The van der Waals surface area contributed by atoms with Crippen LogP contribution in [0.25, 0.3) is 0 Å². The first kappa shape index (κ1) is 23.6. The van der Waals surface area contributed by atoms with E-state index < -0.39 is 0 Å². The molecule has 172 valence electrons. The molecule has 1 saturated heterocycles. The molecule has 1 aliphatic rings. The maximum atomic E-state index is 12.9. The molecule has 0 spiro atoms. The second-order valence-electron chi connectivity index (χ2n) is 9.33. The number of ether oxygens (including phenoxy) is 2. The van der Waals surface area contributed by atoms with Gasteiger partial charge in [-0.15, -0.1) is 0 Å². The lowest BCUT2D eigenvalue weighted by Gasteiger charge is -2.32. The Labute approximate surface area is 190 Å². The van der Waals surface area contributed by atoms with E-state index in [9.17, 15) is 9.59 Å². The van der Waals surface area contributed by atoms with Crippen molar-refractivity contribution in [1.29, 1.82) is 0 Å². The summed E-state index contributed by atoms with van der Waals surface area (Å²) in [4.78, 5) is 27.3. The van der Waals surface area contributed by atoms with Gasteiger partial charge in [0, 0.05) is 24.7 Å². The zero-order valence-electron chi connectivity index (χ0n) is 19.7. The Hall–Kier alpha value is -3.02. The van der Waals surface area contributed by atoms with Crippen LogP contribution in [-0.4, -0.2) is 50.1 Å². The van der Waals surface area contributed by atoms with Crippen molar-refractivity contribution in [3.63, 3.8) is 0 Å². The van der Waals surface area contributed by atoms with E-state index >= 15 is 0 Å². The lowest BCUT2D eigenvalue weighted by Crippen LogP contribution is -2.46. The summed E-state index contributed by atoms with van der Waals surface area (Å²) < 4.78 is 10.5. The van der Waals surface area contributed by atoms with Crippen LogP contribution >= 0.6 is 0 Å². The van der Waals surface area contributed by atoms with Crippen molar-refractivity contribution in [3.8, 4) is 11.5 Å². The second-order valence-corrected chi connectivity index (χ2v) is 9.33. The van der Waals surface area contributed by atoms with E-state index in [0.29, 0.717) is 30.2 Å². The lowest BCUT2D eigenvalue weighted by molar-refractivity contribution is -0.121. The fourth-order valence-corrected chi connectivity index (χ4v) is 3.98. The molecule has 1 aliphatic heterocycles. The summed E-state index contributed by atoms with van der Waals surface area (Å²) in [5, 5.41) is 3.11. The number of hydrogen-bond acceptors (Lipinski definition) is 4. The van der Waals surface area contributed by atoms with Gasteiger partial charge in [-0.1, -0.05) is 39.0 Å². The number of nitrogens with zero attached hydrogens (tertiary/aromatic N) is 1. The van der Waals surface area contributed by atoms with Crippen LogP contribution in [-0.2, 0) is 16.6 Å². The molecule has 1 heterocycles. The largest absolute Gasteiger partial charge is 0.493 e. The molecule has 0 aromatic heterocycles. The van der Waals surface area contributed by atoms with Crippen LogP contribution < -0.4 is 14.8 Å². The summed E-state index contributed by atoms with van der Waals surface area (Å²) in [6, 6.07) is 13.5. The van der Waals surface area contributed by atoms with Crippen LogP contribution in [0, 0.1) is 0 Å². The molecular weight excluding hydrogens is 404 g/mol. The SMILES string of the molecule is COc1ccc(CC(=O)NC2CCN(C(=O)c3ccc(C(C)(C)C)cc3)CC2)cc1OC. The molecule has 32 heavy (non-hydrogen) atoms. The van der Waals surface area contributed by atoms with Crippen molar-refractivity contribution in [2.45, 2.75) is 51.5 Å². The maximum absolute atomic E-state index is 12.9. The zero-order chi connectivity index (χ0) is 23.3. The number of piperidine rings is 1. The molecule has 6 nitrogen and oxygen atoms in total. The van der Waals surface area contributed by atoms with E-state index in [0.717, 1.165) is 18.4 Å². The van der Waals surface area contributed by atoms with Gasteiger partial charge in [0.2, 0.25) is 5.91 Å². The number of rotatable bonds is 6. The molecule has 1 fully saturated rings. The fourth-order valence-electron chi connectivity index (χ4n) is 3.98. The van der Waals surface area contributed by atoms with Gasteiger partial charge in [0.15, 0.2) is 11.5 Å².